The molecule has 0 aromatic carbocycles. The van der Waals surface area contributed by atoms with Gasteiger partial charge < -0.3 is 15.7 Å². The number of carbonyl (C=O) groups excluding carboxylic acids is 1. The van der Waals surface area contributed by atoms with Gasteiger partial charge in [0.05, 0.1) is 0 Å². The smallest absolute Gasteiger partial charge is 0.339 e. The van der Waals surface area contributed by atoms with Crippen molar-refractivity contribution in [1.82, 2.24) is 10.3 Å². The maximum absolute atomic E-state index is 10.8. The van der Waals surface area contributed by atoms with Gasteiger partial charge in [-0.2, -0.15) is 0 Å². The number of aromatic carboxylic acids is 1. The van der Waals surface area contributed by atoms with E-state index in [1.54, 1.807) is 6.07 Å². The van der Waals surface area contributed by atoms with Gasteiger partial charge in [0, 0.05) is 26.2 Å². The fourth-order valence-corrected chi connectivity index (χ4v) is 1.14. The quantitative estimate of drug-likeness (QED) is 0.625. The number of carbonyl (C=O) groups is 2. The number of nitrogens with zero attached hydrogens (tertiary/aromatic N) is 1. The van der Waals surface area contributed by atoms with Crippen LogP contribution >= 0.6 is 0 Å². The number of carboxylic acids is 1. The van der Waals surface area contributed by atoms with Gasteiger partial charge in [0.1, 0.15) is 11.4 Å². The van der Waals surface area contributed by atoms with Gasteiger partial charge in [0.25, 0.3) is 0 Å². The highest BCUT2D eigenvalue weighted by molar-refractivity contribution is 5.92. The predicted octanol–water partition coefficient (Wildman–Crippen LogP) is 0.328. The Kier molecular flexibility index (Phi) is 4.26. The molecule has 16 heavy (non-hydrogen) atoms. The molecule has 0 saturated carbocycles. The molecule has 0 radical (unpaired) electrons. The Hall–Kier alpha value is -2.11. The molecule has 1 rings (SSSR count). The number of aromatic nitrogens is 1. The third kappa shape index (κ3) is 3.56. The van der Waals surface area contributed by atoms with Crippen LogP contribution in [0.25, 0.3) is 0 Å². The molecule has 0 bridgehead atoms. The van der Waals surface area contributed by atoms with Gasteiger partial charge in [-0.15, -0.1) is 0 Å². The number of amides is 1. The second-order valence-corrected chi connectivity index (χ2v) is 3.11. The van der Waals surface area contributed by atoms with E-state index in [-0.39, 0.29) is 11.5 Å². The Balaban J connectivity index is 2.53. The summed E-state index contributed by atoms with van der Waals surface area (Å²) in [6.45, 7) is 2.27. The molecule has 0 spiro atoms. The first-order chi connectivity index (χ1) is 7.61. The van der Waals surface area contributed by atoms with Crippen molar-refractivity contribution in [2.24, 2.45) is 0 Å². The zero-order valence-corrected chi connectivity index (χ0v) is 8.86. The number of pyridine rings is 1. The summed E-state index contributed by atoms with van der Waals surface area (Å²) in [6.07, 6.45) is 1.51. The SMILES string of the molecule is CC(=O)NCCNc1ncccc1C(=O)O. The van der Waals surface area contributed by atoms with Crippen molar-refractivity contribution >= 4 is 17.7 Å². The minimum Gasteiger partial charge on any atom is -0.478 e. The number of rotatable bonds is 5. The molecule has 0 fully saturated rings. The van der Waals surface area contributed by atoms with Crippen molar-refractivity contribution in [2.45, 2.75) is 6.92 Å². The molecule has 86 valence electrons. The molecule has 0 aliphatic heterocycles. The number of hydrogen-bond donors (Lipinski definition) is 3. The van der Waals surface area contributed by atoms with Gasteiger partial charge in [-0.3, -0.25) is 4.79 Å². The van der Waals surface area contributed by atoms with Crippen LogP contribution in [0.1, 0.15) is 17.3 Å². The van der Waals surface area contributed by atoms with E-state index in [1.807, 2.05) is 0 Å². The van der Waals surface area contributed by atoms with E-state index in [1.165, 1.54) is 19.2 Å². The van der Waals surface area contributed by atoms with E-state index in [0.717, 1.165) is 0 Å². The molecule has 1 aromatic rings. The number of hydrogen-bond acceptors (Lipinski definition) is 4. The van der Waals surface area contributed by atoms with Crippen molar-refractivity contribution in [3.8, 4) is 0 Å². The van der Waals surface area contributed by atoms with Crippen LogP contribution in [-0.2, 0) is 4.79 Å². The summed E-state index contributed by atoms with van der Waals surface area (Å²) in [5, 5.41) is 14.3. The first kappa shape index (κ1) is 12.0. The lowest BCUT2D eigenvalue weighted by Crippen LogP contribution is -2.26. The summed E-state index contributed by atoms with van der Waals surface area (Å²) in [7, 11) is 0. The third-order valence-electron chi connectivity index (χ3n) is 1.83. The fraction of sp³-hybridized carbons (Fsp3) is 0.300. The van der Waals surface area contributed by atoms with Gasteiger partial charge in [-0.1, -0.05) is 0 Å². The number of carboxylic acid groups (broad SMARTS) is 1. The standard InChI is InChI=1S/C10H13N3O3/c1-7(14)11-5-6-13-9-8(10(15)16)3-2-4-12-9/h2-4H,5-6H2,1H3,(H,11,14)(H,12,13)(H,15,16). The molecule has 1 amide bonds. The molecule has 0 atom stereocenters. The van der Waals surface area contributed by atoms with E-state index >= 15 is 0 Å². The number of anilines is 1. The summed E-state index contributed by atoms with van der Waals surface area (Å²) in [6, 6.07) is 3.03. The maximum atomic E-state index is 10.8. The first-order valence-electron chi connectivity index (χ1n) is 4.78. The lowest BCUT2D eigenvalue weighted by atomic mass is 10.2. The van der Waals surface area contributed by atoms with E-state index in [9.17, 15) is 9.59 Å². The summed E-state index contributed by atoms with van der Waals surface area (Å²) in [4.78, 5) is 25.3. The van der Waals surface area contributed by atoms with Crippen LogP contribution in [0.15, 0.2) is 18.3 Å². The molecule has 0 aliphatic rings. The molecule has 0 saturated heterocycles. The first-order valence-corrected chi connectivity index (χ1v) is 4.78. The Morgan fingerprint density at radius 1 is 1.44 bits per heavy atom. The monoisotopic (exact) mass is 223 g/mol. The van der Waals surface area contributed by atoms with Gasteiger partial charge in [-0.25, -0.2) is 9.78 Å². The van der Waals surface area contributed by atoms with Crippen molar-refractivity contribution in [3.63, 3.8) is 0 Å². The largest absolute Gasteiger partial charge is 0.478 e. The number of nitrogens with one attached hydrogen (secondary N) is 2. The van der Waals surface area contributed by atoms with E-state index < -0.39 is 5.97 Å². The van der Waals surface area contributed by atoms with Crippen LogP contribution in [0.2, 0.25) is 0 Å². The van der Waals surface area contributed by atoms with Gasteiger partial charge in [0.15, 0.2) is 0 Å². The van der Waals surface area contributed by atoms with Gasteiger partial charge >= 0.3 is 5.97 Å². The molecule has 0 unspecified atom stereocenters. The molecule has 1 aromatic heterocycles. The Morgan fingerprint density at radius 2 is 2.19 bits per heavy atom. The van der Waals surface area contributed by atoms with Crippen molar-refractivity contribution in [2.75, 3.05) is 18.4 Å². The van der Waals surface area contributed by atoms with Crippen LogP contribution in [0.4, 0.5) is 5.82 Å². The normalized spacial score (nSPS) is 9.56. The summed E-state index contributed by atoms with van der Waals surface area (Å²) < 4.78 is 0. The van der Waals surface area contributed by atoms with Gasteiger partial charge in [-0.05, 0) is 12.1 Å². The van der Waals surface area contributed by atoms with Crippen LogP contribution in [0, 0.1) is 0 Å². The highest BCUT2D eigenvalue weighted by Crippen LogP contribution is 2.10. The Morgan fingerprint density at radius 3 is 2.81 bits per heavy atom. The van der Waals surface area contributed by atoms with E-state index in [4.69, 9.17) is 5.11 Å². The molecular formula is C10H13N3O3. The zero-order chi connectivity index (χ0) is 12.0. The molecule has 3 N–H and O–H groups in total. The van der Waals surface area contributed by atoms with Crippen LogP contribution in [0.5, 0.6) is 0 Å². The second-order valence-electron chi connectivity index (χ2n) is 3.11. The van der Waals surface area contributed by atoms with Crippen molar-refractivity contribution in [1.29, 1.82) is 0 Å². The zero-order valence-electron chi connectivity index (χ0n) is 8.86. The summed E-state index contributed by atoms with van der Waals surface area (Å²) in [5.74, 6) is -0.850. The van der Waals surface area contributed by atoms with Crippen molar-refractivity contribution in [3.05, 3.63) is 23.9 Å². The lowest BCUT2D eigenvalue weighted by Gasteiger charge is -2.08. The van der Waals surface area contributed by atoms with Crippen molar-refractivity contribution < 1.29 is 14.7 Å². The van der Waals surface area contributed by atoms with Crippen LogP contribution < -0.4 is 10.6 Å². The van der Waals surface area contributed by atoms with E-state index in [2.05, 4.69) is 15.6 Å². The highest BCUT2D eigenvalue weighted by atomic mass is 16.4. The van der Waals surface area contributed by atoms with Crippen LogP contribution in [-0.4, -0.2) is 35.1 Å². The summed E-state index contributed by atoms with van der Waals surface area (Å²) >= 11 is 0. The fourth-order valence-electron chi connectivity index (χ4n) is 1.14. The highest BCUT2D eigenvalue weighted by Gasteiger charge is 2.09. The van der Waals surface area contributed by atoms with Crippen LogP contribution in [0.3, 0.4) is 0 Å². The average molecular weight is 223 g/mol. The minimum absolute atomic E-state index is 0.116. The minimum atomic E-state index is -1.03. The predicted molar refractivity (Wildman–Crippen MR) is 58.4 cm³/mol. The van der Waals surface area contributed by atoms with E-state index in [0.29, 0.717) is 18.9 Å². The average Bonchev–Trinajstić information content (AvgIpc) is 2.24. The third-order valence-corrected chi connectivity index (χ3v) is 1.83. The lowest BCUT2D eigenvalue weighted by molar-refractivity contribution is -0.118. The molecule has 6 nitrogen and oxygen atoms in total. The topological polar surface area (TPSA) is 91.3 Å². The molecule has 1 heterocycles. The molecular weight excluding hydrogens is 210 g/mol. The summed E-state index contributed by atoms with van der Waals surface area (Å²) in [5.41, 5.74) is 0.116. The second kappa shape index (κ2) is 5.69. The molecule has 6 heteroatoms. The maximum Gasteiger partial charge on any atom is 0.339 e. The van der Waals surface area contributed by atoms with Gasteiger partial charge in [0.2, 0.25) is 5.91 Å². The Bertz CT molecular complexity index is 393. The molecule has 0 aliphatic carbocycles. The Labute approximate surface area is 92.7 Å².